The molecule has 0 spiro atoms. The first-order valence-electron chi connectivity index (χ1n) is 7.43. The van der Waals surface area contributed by atoms with Crippen LogP contribution in [0.3, 0.4) is 0 Å². The van der Waals surface area contributed by atoms with E-state index in [4.69, 9.17) is 0 Å². The van der Waals surface area contributed by atoms with E-state index in [1.165, 1.54) is 11.1 Å². The van der Waals surface area contributed by atoms with E-state index in [2.05, 4.69) is 72.3 Å². The van der Waals surface area contributed by atoms with Gasteiger partial charge in [-0.3, -0.25) is 0 Å². The Labute approximate surface area is 130 Å². The van der Waals surface area contributed by atoms with Gasteiger partial charge < -0.3 is 5.43 Å². The Hall–Kier alpha value is -1.49. The van der Waals surface area contributed by atoms with Crippen LogP contribution >= 0.6 is 11.8 Å². The largest absolute Gasteiger partial charge is 0.314 e. The molecule has 0 saturated carbocycles. The predicted molar refractivity (Wildman–Crippen MR) is 87.4 cm³/mol. The third kappa shape index (κ3) is 2.79. The van der Waals surface area contributed by atoms with Crippen LogP contribution in [0.2, 0.25) is 0 Å². The van der Waals surface area contributed by atoms with Crippen LogP contribution < -0.4 is 5.43 Å². The molecule has 2 aromatic rings. The van der Waals surface area contributed by atoms with Crippen LogP contribution in [0.15, 0.2) is 29.4 Å². The molecule has 0 radical (unpaired) electrons. The van der Waals surface area contributed by atoms with Crippen molar-refractivity contribution < 1.29 is 0 Å². The van der Waals surface area contributed by atoms with Gasteiger partial charge in [-0.05, 0) is 17.5 Å². The summed E-state index contributed by atoms with van der Waals surface area (Å²) in [6, 6.07) is 9.18. The van der Waals surface area contributed by atoms with Crippen LogP contribution in [-0.4, -0.2) is 20.6 Å². The van der Waals surface area contributed by atoms with Crippen LogP contribution in [0.5, 0.6) is 0 Å². The Morgan fingerprint density at radius 3 is 2.57 bits per heavy atom. The lowest BCUT2D eigenvalue weighted by Gasteiger charge is -2.29. The molecule has 0 aliphatic carbocycles. The number of aromatic nitrogens is 3. The highest BCUT2D eigenvalue weighted by Gasteiger charge is 2.29. The molecule has 1 atom stereocenters. The highest BCUT2D eigenvalue weighted by Crippen LogP contribution is 2.32. The summed E-state index contributed by atoms with van der Waals surface area (Å²) in [5.41, 5.74) is 6.25. The van der Waals surface area contributed by atoms with Gasteiger partial charge in [-0.1, -0.05) is 63.7 Å². The first-order valence-corrected chi connectivity index (χ1v) is 8.41. The fraction of sp³-hybridized carbons (Fsp3) is 0.500. The molecule has 0 amide bonds. The summed E-state index contributed by atoms with van der Waals surface area (Å²) in [7, 11) is 0. The molecular formula is C16H22N4S. The standard InChI is InChI=1S/C16H22N4S/c1-5-11-6-8-12(9-7-11)13-10-21-15-18-17-14(16(2,3)4)20(15)19-13/h6-9,13,19H,5,10H2,1-4H3. The van der Waals surface area contributed by atoms with Crippen molar-refractivity contribution in [2.24, 2.45) is 0 Å². The summed E-state index contributed by atoms with van der Waals surface area (Å²) in [5.74, 6) is 1.97. The maximum atomic E-state index is 4.35. The lowest BCUT2D eigenvalue weighted by atomic mass is 9.96. The van der Waals surface area contributed by atoms with Crippen molar-refractivity contribution in [1.82, 2.24) is 14.9 Å². The summed E-state index contributed by atoms with van der Waals surface area (Å²) in [6.45, 7) is 8.67. The molecule has 0 bridgehead atoms. The molecule has 1 aliphatic rings. The van der Waals surface area contributed by atoms with Crippen molar-refractivity contribution in [2.45, 2.75) is 50.7 Å². The van der Waals surface area contributed by atoms with Crippen LogP contribution in [0.4, 0.5) is 0 Å². The van der Waals surface area contributed by atoms with Crippen molar-refractivity contribution in [2.75, 3.05) is 11.2 Å². The van der Waals surface area contributed by atoms with Gasteiger partial charge in [0.25, 0.3) is 0 Å². The molecule has 3 rings (SSSR count). The molecule has 4 nitrogen and oxygen atoms in total. The smallest absolute Gasteiger partial charge is 0.210 e. The molecule has 0 fully saturated rings. The average Bonchev–Trinajstić information content (AvgIpc) is 2.90. The summed E-state index contributed by atoms with van der Waals surface area (Å²) >= 11 is 1.77. The van der Waals surface area contributed by atoms with E-state index in [0.717, 1.165) is 23.2 Å². The van der Waals surface area contributed by atoms with Gasteiger partial charge in [0, 0.05) is 11.2 Å². The number of nitrogens with one attached hydrogen (secondary N) is 1. The third-order valence-corrected chi connectivity index (χ3v) is 4.78. The monoisotopic (exact) mass is 302 g/mol. The minimum atomic E-state index is -0.0211. The van der Waals surface area contributed by atoms with E-state index in [1.54, 1.807) is 11.8 Å². The van der Waals surface area contributed by atoms with Gasteiger partial charge in [-0.15, -0.1) is 10.2 Å². The SMILES string of the molecule is CCc1ccc(C2CSc3nnc(C(C)(C)C)n3N2)cc1. The maximum absolute atomic E-state index is 4.35. The van der Waals surface area contributed by atoms with Crippen molar-refractivity contribution in [3.63, 3.8) is 0 Å². The topological polar surface area (TPSA) is 42.7 Å². The Morgan fingerprint density at radius 1 is 1.24 bits per heavy atom. The van der Waals surface area contributed by atoms with Crippen molar-refractivity contribution in [3.05, 3.63) is 41.2 Å². The quantitative estimate of drug-likeness (QED) is 0.921. The first-order chi connectivity index (χ1) is 9.99. The van der Waals surface area contributed by atoms with Gasteiger partial charge in [-0.2, -0.15) is 0 Å². The highest BCUT2D eigenvalue weighted by molar-refractivity contribution is 7.99. The summed E-state index contributed by atoms with van der Waals surface area (Å²) in [5, 5.41) is 9.61. The minimum absolute atomic E-state index is 0.0211. The van der Waals surface area contributed by atoms with Gasteiger partial charge in [0.15, 0.2) is 5.82 Å². The number of rotatable bonds is 2. The molecule has 1 unspecified atom stereocenters. The summed E-state index contributed by atoms with van der Waals surface area (Å²) < 4.78 is 2.06. The molecule has 0 saturated heterocycles. The van der Waals surface area contributed by atoms with E-state index in [9.17, 15) is 0 Å². The van der Waals surface area contributed by atoms with Crippen LogP contribution in [0, 0.1) is 0 Å². The maximum Gasteiger partial charge on any atom is 0.210 e. The molecule has 2 heterocycles. The number of hydrogen-bond donors (Lipinski definition) is 1. The van der Waals surface area contributed by atoms with Crippen molar-refractivity contribution >= 4 is 11.8 Å². The Bertz CT molecular complexity index is 625. The lowest BCUT2D eigenvalue weighted by Crippen LogP contribution is -2.32. The Balaban J connectivity index is 1.87. The van der Waals surface area contributed by atoms with E-state index in [-0.39, 0.29) is 5.41 Å². The average molecular weight is 302 g/mol. The predicted octanol–water partition coefficient (Wildman–Crippen LogP) is 3.53. The van der Waals surface area contributed by atoms with Gasteiger partial charge >= 0.3 is 0 Å². The second kappa shape index (κ2) is 5.37. The second-order valence-electron chi connectivity index (χ2n) is 6.48. The zero-order chi connectivity index (χ0) is 15.0. The fourth-order valence-corrected chi connectivity index (χ4v) is 3.42. The number of fused-ring (bicyclic) bond motifs is 1. The molecule has 112 valence electrons. The molecule has 1 aromatic carbocycles. The normalized spacial score (nSPS) is 18.2. The van der Waals surface area contributed by atoms with Crippen LogP contribution in [-0.2, 0) is 11.8 Å². The van der Waals surface area contributed by atoms with Crippen molar-refractivity contribution in [1.29, 1.82) is 0 Å². The Kier molecular flexibility index (Phi) is 3.69. The number of aryl methyl sites for hydroxylation is 1. The van der Waals surface area contributed by atoms with Gasteiger partial charge in [0.1, 0.15) is 0 Å². The van der Waals surface area contributed by atoms with Crippen LogP contribution in [0.1, 0.15) is 50.7 Å². The molecular weight excluding hydrogens is 280 g/mol. The molecule has 1 N–H and O–H groups in total. The fourth-order valence-electron chi connectivity index (χ4n) is 2.47. The van der Waals surface area contributed by atoms with E-state index >= 15 is 0 Å². The molecule has 1 aromatic heterocycles. The number of thioether (sulfide) groups is 1. The van der Waals surface area contributed by atoms with E-state index in [0.29, 0.717) is 6.04 Å². The zero-order valence-corrected chi connectivity index (χ0v) is 13.9. The highest BCUT2D eigenvalue weighted by atomic mass is 32.2. The summed E-state index contributed by atoms with van der Waals surface area (Å²) in [6.07, 6.45) is 1.08. The molecule has 1 aliphatic heterocycles. The zero-order valence-electron chi connectivity index (χ0n) is 13.1. The first kappa shape index (κ1) is 14.4. The second-order valence-corrected chi connectivity index (χ2v) is 7.47. The number of nitrogens with zero attached hydrogens (tertiary/aromatic N) is 3. The molecule has 21 heavy (non-hydrogen) atoms. The van der Waals surface area contributed by atoms with Gasteiger partial charge in [0.2, 0.25) is 5.16 Å². The van der Waals surface area contributed by atoms with E-state index in [1.807, 2.05) is 0 Å². The minimum Gasteiger partial charge on any atom is -0.314 e. The van der Waals surface area contributed by atoms with E-state index < -0.39 is 0 Å². The van der Waals surface area contributed by atoms with Crippen LogP contribution in [0.25, 0.3) is 0 Å². The molecule has 5 heteroatoms. The number of benzene rings is 1. The van der Waals surface area contributed by atoms with Gasteiger partial charge in [-0.25, -0.2) is 4.68 Å². The Morgan fingerprint density at radius 2 is 1.95 bits per heavy atom. The summed E-state index contributed by atoms with van der Waals surface area (Å²) in [4.78, 5) is 0. The lowest BCUT2D eigenvalue weighted by molar-refractivity contribution is 0.501. The third-order valence-electron chi connectivity index (χ3n) is 3.76. The van der Waals surface area contributed by atoms with Gasteiger partial charge in [0.05, 0.1) is 6.04 Å². The van der Waals surface area contributed by atoms with Crippen molar-refractivity contribution in [3.8, 4) is 0 Å². The number of hydrogen-bond acceptors (Lipinski definition) is 4.